The van der Waals surface area contributed by atoms with Crippen LogP contribution < -0.4 is 5.32 Å². The summed E-state index contributed by atoms with van der Waals surface area (Å²) in [6, 6.07) is 0. The molecule has 0 aromatic carbocycles. The lowest BCUT2D eigenvalue weighted by atomic mass is 10.0. The molecule has 1 aliphatic rings. The Morgan fingerprint density at radius 1 is 1.45 bits per heavy atom. The van der Waals surface area contributed by atoms with Gasteiger partial charge in [0.2, 0.25) is 17.2 Å². The van der Waals surface area contributed by atoms with Gasteiger partial charge >= 0.3 is 0 Å². The van der Waals surface area contributed by atoms with E-state index in [1.54, 1.807) is 23.3 Å². The predicted molar refractivity (Wildman–Crippen MR) is 70.8 cm³/mol. The molecule has 0 bridgehead atoms. The number of hydrogen-bond acceptors (Lipinski definition) is 7. The minimum Gasteiger partial charge on any atom is -0.386 e. The number of aromatic nitrogens is 5. The first-order valence-electron chi connectivity index (χ1n) is 6.09. The smallest absolute Gasteiger partial charge is 0.241 e. The number of ether oxygens (including phenoxy) is 1. The van der Waals surface area contributed by atoms with Gasteiger partial charge in [0, 0.05) is 32.0 Å². The molecular weight excluding hydrogens is 284 g/mol. The maximum Gasteiger partial charge on any atom is 0.241 e. The summed E-state index contributed by atoms with van der Waals surface area (Å²) in [6.07, 6.45) is 5.46. The maximum absolute atomic E-state index is 10.2. The van der Waals surface area contributed by atoms with Crippen molar-refractivity contribution >= 4 is 17.5 Å². The highest BCUT2D eigenvalue weighted by molar-refractivity contribution is 6.28. The molecule has 0 amide bonds. The lowest BCUT2D eigenvalue weighted by Gasteiger charge is -2.20. The second-order valence-electron chi connectivity index (χ2n) is 4.58. The molecule has 1 aliphatic heterocycles. The average molecular weight is 297 g/mol. The van der Waals surface area contributed by atoms with Crippen LogP contribution in [0.4, 0.5) is 5.95 Å². The van der Waals surface area contributed by atoms with Crippen LogP contribution in [0.25, 0.3) is 5.95 Å². The monoisotopic (exact) mass is 296 g/mol. The molecule has 0 radical (unpaired) electrons. The van der Waals surface area contributed by atoms with Crippen LogP contribution in [0.1, 0.15) is 6.42 Å². The van der Waals surface area contributed by atoms with E-state index in [1.165, 1.54) is 0 Å². The molecule has 9 heteroatoms. The van der Waals surface area contributed by atoms with Gasteiger partial charge in [-0.05, 0) is 11.6 Å². The Kier molecular flexibility index (Phi) is 3.51. The molecule has 8 nitrogen and oxygen atoms in total. The van der Waals surface area contributed by atoms with E-state index in [-0.39, 0.29) is 11.8 Å². The van der Waals surface area contributed by atoms with Gasteiger partial charge in [-0.3, -0.25) is 4.57 Å². The van der Waals surface area contributed by atoms with E-state index in [1.807, 2.05) is 0 Å². The van der Waals surface area contributed by atoms with Crippen molar-refractivity contribution in [1.29, 1.82) is 0 Å². The van der Waals surface area contributed by atoms with Crippen LogP contribution in [-0.2, 0) is 4.74 Å². The Morgan fingerprint density at radius 2 is 2.35 bits per heavy atom. The van der Waals surface area contributed by atoms with E-state index >= 15 is 0 Å². The molecule has 1 unspecified atom stereocenters. The number of rotatable bonds is 4. The van der Waals surface area contributed by atoms with E-state index in [9.17, 15) is 5.11 Å². The second-order valence-corrected chi connectivity index (χ2v) is 4.92. The molecule has 1 fully saturated rings. The summed E-state index contributed by atoms with van der Waals surface area (Å²) in [5, 5.41) is 13.2. The van der Waals surface area contributed by atoms with Gasteiger partial charge in [-0.25, -0.2) is 4.98 Å². The largest absolute Gasteiger partial charge is 0.386 e. The topological polar surface area (TPSA) is 98.0 Å². The third-order valence-electron chi connectivity index (χ3n) is 2.99. The Hall–Kier alpha value is -1.77. The summed E-state index contributed by atoms with van der Waals surface area (Å²) in [5.74, 6) is 0.661. The summed E-state index contributed by atoms with van der Waals surface area (Å²) >= 11 is 5.87. The molecule has 1 saturated heterocycles. The SMILES string of the molecule is OC1(CNc2nc(Cl)nc(-n3ccnc3)n2)CCOC1. The van der Waals surface area contributed by atoms with Gasteiger partial charge in [0.05, 0.1) is 6.61 Å². The van der Waals surface area contributed by atoms with E-state index in [4.69, 9.17) is 16.3 Å². The summed E-state index contributed by atoms with van der Waals surface area (Å²) in [7, 11) is 0. The van der Waals surface area contributed by atoms with E-state index in [2.05, 4.69) is 25.3 Å². The minimum atomic E-state index is -0.895. The standard InChI is InChI=1S/C11H13ClN6O2/c12-8-15-9(14-5-11(19)1-4-20-6-11)17-10(16-8)18-3-2-13-7-18/h2-3,7,19H,1,4-6H2,(H,14,15,16,17). The number of hydrogen-bond donors (Lipinski definition) is 2. The molecule has 106 valence electrons. The number of aliphatic hydroxyl groups is 1. The van der Waals surface area contributed by atoms with Gasteiger partial charge in [0.15, 0.2) is 0 Å². The van der Waals surface area contributed by atoms with Crippen LogP contribution in [0.15, 0.2) is 18.7 Å². The van der Waals surface area contributed by atoms with Crippen molar-refractivity contribution < 1.29 is 9.84 Å². The Labute approximate surface area is 119 Å². The van der Waals surface area contributed by atoms with Crippen molar-refractivity contribution in [3.63, 3.8) is 0 Å². The molecule has 1 atom stereocenters. The first kappa shape index (κ1) is 13.2. The van der Waals surface area contributed by atoms with Crippen LogP contribution in [-0.4, -0.2) is 55.0 Å². The quantitative estimate of drug-likeness (QED) is 0.836. The lowest BCUT2D eigenvalue weighted by Crippen LogP contribution is -2.37. The number of anilines is 1. The Balaban J connectivity index is 1.76. The van der Waals surface area contributed by atoms with Crippen molar-refractivity contribution in [3.8, 4) is 5.95 Å². The van der Waals surface area contributed by atoms with E-state index in [0.29, 0.717) is 31.5 Å². The summed E-state index contributed by atoms with van der Waals surface area (Å²) in [6.45, 7) is 1.14. The second kappa shape index (κ2) is 5.31. The van der Waals surface area contributed by atoms with Crippen LogP contribution >= 0.6 is 11.6 Å². The zero-order valence-corrected chi connectivity index (χ0v) is 11.3. The normalized spacial score (nSPS) is 22.1. The fraction of sp³-hybridized carbons (Fsp3) is 0.455. The zero-order valence-electron chi connectivity index (χ0n) is 10.5. The van der Waals surface area contributed by atoms with Crippen LogP contribution in [0.5, 0.6) is 0 Å². The molecule has 3 heterocycles. The molecule has 2 N–H and O–H groups in total. The number of halogens is 1. The van der Waals surface area contributed by atoms with Crippen molar-refractivity contribution in [3.05, 3.63) is 24.0 Å². The molecule has 3 rings (SSSR count). The number of nitrogens with zero attached hydrogens (tertiary/aromatic N) is 5. The van der Waals surface area contributed by atoms with Crippen molar-refractivity contribution in [2.75, 3.05) is 25.1 Å². The average Bonchev–Trinajstić information content (AvgIpc) is 3.08. The van der Waals surface area contributed by atoms with Crippen molar-refractivity contribution in [2.45, 2.75) is 12.0 Å². The van der Waals surface area contributed by atoms with Gasteiger partial charge in [-0.1, -0.05) is 0 Å². The third kappa shape index (κ3) is 2.87. The highest BCUT2D eigenvalue weighted by Gasteiger charge is 2.32. The van der Waals surface area contributed by atoms with E-state index in [0.717, 1.165) is 0 Å². The lowest BCUT2D eigenvalue weighted by molar-refractivity contribution is 0.0380. The first-order chi connectivity index (χ1) is 9.65. The van der Waals surface area contributed by atoms with Crippen LogP contribution in [0, 0.1) is 0 Å². The molecule has 20 heavy (non-hydrogen) atoms. The first-order valence-corrected chi connectivity index (χ1v) is 6.46. The van der Waals surface area contributed by atoms with Crippen LogP contribution in [0.3, 0.4) is 0 Å². The number of nitrogens with one attached hydrogen (secondary N) is 1. The molecule has 2 aromatic rings. The predicted octanol–water partition coefficient (Wildman–Crippen LogP) is 0.274. The molecule has 2 aromatic heterocycles. The molecule has 0 spiro atoms. The fourth-order valence-corrected chi connectivity index (χ4v) is 2.05. The van der Waals surface area contributed by atoms with Crippen LogP contribution in [0.2, 0.25) is 5.28 Å². The van der Waals surface area contributed by atoms with Gasteiger partial charge < -0.3 is 15.2 Å². The van der Waals surface area contributed by atoms with Gasteiger partial charge in [-0.15, -0.1) is 0 Å². The summed E-state index contributed by atoms with van der Waals surface area (Å²) in [5.41, 5.74) is -0.895. The third-order valence-corrected chi connectivity index (χ3v) is 3.16. The van der Waals surface area contributed by atoms with Crippen molar-refractivity contribution in [2.24, 2.45) is 0 Å². The van der Waals surface area contributed by atoms with E-state index < -0.39 is 5.60 Å². The highest BCUT2D eigenvalue weighted by Crippen LogP contribution is 2.19. The fourth-order valence-electron chi connectivity index (χ4n) is 1.89. The van der Waals surface area contributed by atoms with Gasteiger partial charge in [-0.2, -0.15) is 15.0 Å². The molecule has 0 saturated carbocycles. The van der Waals surface area contributed by atoms with Gasteiger partial charge in [0.1, 0.15) is 11.9 Å². The summed E-state index contributed by atoms with van der Waals surface area (Å²) < 4.78 is 6.79. The molecule has 0 aliphatic carbocycles. The number of imidazole rings is 1. The zero-order chi connectivity index (χ0) is 14.0. The Morgan fingerprint density at radius 3 is 3.05 bits per heavy atom. The highest BCUT2D eigenvalue weighted by atomic mass is 35.5. The van der Waals surface area contributed by atoms with Crippen molar-refractivity contribution in [1.82, 2.24) is 24.5 Å². The minimum absolute atomic E-state index is 0.0702. The summed E-state index contributed by atoms with van der Waals surface area (Å²) in [4.78, 5) is 16.1. The maximum atomic E-state index is 10.2. The molecular formula is C11H13ClN6O2. The Bertz CT molecular complexity index is 585. The van der Waals surface area contributed by atoms with Gasteiger partial charge in [0.25, 0.3) is 0 Å².